The van der Waals surface area contributed by atoms with Crippen molar-refractivity contribution in [1.82, 2.24) is 0 Å². The maximum atomic E-state index is 10.5. The van der Waals surface area contributed by atoms with Gasteiger partial charge in [0.25, 0.3) is 0 Å². The third-order valence-corrected chi connectivity index (χ3v) is 3.86. The number of halogens is 1. The molecule has 1 aromatic carbocycles. The average Bonchev–Trinajstić information content (AvgIpc) is 2.30. The molecule has 0 amide bonds. The molecule has 92 valence electrons. The second kappa shape index (κ2) is 5.08. The lowest BCUT2D eigenvalue weighted by atomic mass is 9.71. The summed E-state index contributed by atoms with van der Waals surface area (Å²) in [5.74, 6) is 0. The summed E-state index contributed by atoms with van der Waals surface area (Å²) < 4.78 is 0. The highest BCUT2D eigenvalue weighted by Gasteiger charge is 2.42. The molecule has 0 aliphatic rings. The first-order valence-corrected chi connectivity index (χ1v) is 6.10. The van der Waals surface area contributed by atoms with Crippen LogP contribution in [0.25, 0.3) is 0 Å². The average molecular weight is 252 g/mol. The molecule has 0 aliphatic carbocycles. The lowest BCUT2D eigenvalue weighted by Crippen LogP contribution is -2.44. The van der Waals surface area contributed by atoms with Crippen molar-refractivity contribution >= 4 is 11.6 Å². The molecule has 2 nitrogen and oxygen atoms in total. The van der Waals surface area contributed by atoms with Crippen LogP contribution in [0.15, 0.2) is 24.3 Å². The monoisotopic (exact) mass is 251 g/mol. The van der Waals surface area contributed by atoms with E-state index in [0.29, 0.717) is 17.9 Å². The molecule has 1 aromatic rings. The van der Waals surface area contributed by atoms with Crippen LogP contribution in [-0.2, 0) is 6.42 Å². The molecule has 2 unspecified atom stereocenters. The highest BCUT2D eigenvalue weighted by Crippen LogP contribution is 2.36. The Kier molecular flexibility index (Phi) is 4.19. The largest absolute Gasteiger partial charge is 0.388 e. The number of aliphatic hydroxyl groups is 1. The van der Waals surface area contributed by atoms with Gasteiger partial charge in [0.15, 0.2) is 0 Å². The van der Waals surface area contributed by atoms with Crippen molar-refractivity contribution < 1.29 is 5.11 Å². The molecule has 1 rings (SSSR count). The van der Waals surface area contributed by atoms with Crippen LogP contribution >= 0.6 is 11.6 Å². The van der Waals surface area contributed by atoms with E-state index in [1.807, 2.05) is 19.1 Å². The van der Waals surface area contributed by atoms with Gasteiger partial charge >= 0.3 is 0 Å². The fourth-order valence-corrected chi connectivity index (χ4v) is 1.90. The zero-order valence-electron chi connectivity index (χ0n) is 10.5. The van der Waals surface area contributed by atoms with Crippen molar-refractivity contribution in [3.63, 3.8) is 0 Å². The summed E-state index contributed by atoms with van der Waals surface area (Å²) in [6.45, 7) is 5.43. The van der Waals surface area contributed by atoms with Gasteiger partial charge in [-0.2, -0.15) is 5.26 Å². The summed E-state index contributed by atoms with van der Waals surface area (Å²) >= 11 is 5.81. The molecule has 0 aromatic heterocycles. The van der Waals surface area contributed by atoms with Crippen molar-refractivity contribution in [1.29, 1.82) is 5.26 Å². The Hall–Kier alpha value is -1.04. The summed E-state index contributed by atoms with van der Waals surface area (Å²) in [4.78, 5) is 0. The Bertz CT molecular complexity index is 419. The zero-order valence-corrected chi connectivity index (χ0v) is 11.3. The Balaban J connectivity index is 2.93. The van der Waals surface area contributed by atoms with E-state index >= 15 is 0 Å². The molecule has 0 saturated carbocycles. The highest BCUT2D eigenvalue weighted by atomic mass is 35.5. The third kappa shape index (κ3) is 3.00. The minimum absolute atomic E-state index is 0.446. The summed E-state index contributed by atoms with van der Waals surface area (Å²) in [5, 5.41) is 20.4. The predicted molar refractivity (Wildman–Crippen MR) is 69.8 cm³/mol. The van der Waals surface area contributed by atoms with Crippen molar-refractivity contribution in [2.24, 2.45) is 5.41 Å². The third-order valence-electron chi connectivity index (χ3n) is 3.60. The van der Waals surface area contributed by atoms with Crippen molar-refractivity contribution in [3.05, 3.63) is 34.9 Å². The molecular formula is C14H18ClNO. The molecule has 0 saturated heterocycles. The molecule has 3 heteroatoms. The number of nitrogens with zero attached hydrogens (tertiary/aromatic N) is 1. The number of nitriles is 1. The second-order valence-electron chi connectivity index (χ2n) is 4.87. The highest BCUT2D eigenvalue weighted by molar-refractivity contribution is 6.30. The van der Waals surface area contributed by atoms with Crippen LogP contribution in [0.2, 0.25) is 5.02 Å². The maximum Gasteiger partial charge on any atom is 0.0842 e. The van der Waals surface area contributed by atoms with Gasteiger partial charge in [0.2, 0.25) is 0 Å². The van der Waals surface area contributed by atoms with E-state index in [0.717, 1.165) is 5.56 Å². The number of rotatable bonds is 4. The van der Waals surface area contributed by atoms with Gasteiger partial charge in [-0.3, -0.25) is 0 Å². The zero-order chi connectivity index (χ0) is 13.1. The van der Waals surface area contributed by atoms with Gasteiger partial charge in [0.05, 0.1) is 17.1 Å². The Labute approximate surface area is 108 Å². The Morgan fingerprint density at radius 2 is 1.82 bits per heavy atom. The second-order valence-corrected chi connectivity index (χ2v) is 5.31. The fourth-order valence-electron chi connectivity index (χ4n) is 1.78. The molecule has 0 heterocycles. The number of hydrogen-bond acceptors (Lipinski definition) is 2. The normalized spacial score (nSPS) is 17.9. The maximum absolute atomic E-state index is 10.5. The van der Waals surface area contributed by atoms with E-state index in [1.54, 1.807) is 26.0 Å². The van der Waals surface area contributed by atoms with E-state index in [2.05, 4.69) is 6.07 Å². The lowest BCUT2D eigenvalue weighted by Gasteiger charge is -2.37. The van der Waals surface area contributed by atoms with Gasteiger partial charge in [-0.25, -0.2) is 0 Å². The van der Waals surface area contributed by atoms with Crippen LogP contribution in [0.4, 0.5) is 0 Å². The fraction of sp³-hybridized carbons (Fsp3) is 0.500. The van der Waals surface area contributed by atoms with Crippen LogP contribution in [0.3, 0.4) is 0 Å². The standard InChI is InChI=1S/C14H18ClNO/c1-4-13(2,10-16)14(3,17)9-11-5-7-12(15)8-6-11/h5-8,17H,4,9H2,1-3H3. The van der Waals surface area contributed by atoms with Crippen LogP contribution in [0.5, 0.6) is 0 Å². The Morgan fingerprint density at radius 1 is 1.29 bits per heavy atom. The first-order chi connectivity index (χ1) is 7.84. The summed E-state index contributed by atoms with van der Waals surface area (Å²) in [7, 11) is 0. The molecule has 0 fully saturated rings. The van der Waals surface area contributed by atoms with Crippen LogP contribution in [0, 0.1) is 16.7 Å². The SMILES string of the molecule is CCC(C)(C#N)C(C)(O)Cc1ccc(Cl)cc1. The molecule has 17 heavy (non-hydrogen) atoms. The number of hydrogen-bond donors (Lipinski definition) is 1. The van der Waals surface area contributed by atoms with E-state index in [4.69, 9.17) is 11.6 Å². The van der Waals surface area contributed by atoms with E-state index in [1.165, 1.54) is 0 Å². The molecule has 0 radical (unpaired) electrons. The smallest absolute Gasteiger partial charge is 0.0842 e. The minimum Gasteiger partial charge on any atom is -0.388 e. The van der Waals surface area contributed by atoms with Gasteiger partial charge in [-0.15, -0.1) is 0 Å². The first kappa shape index (κ1) is 14.0. The molecule has 2 atom stereocenters. The number of benzene rings is 1. The minimum atomic E-state index is -1.05. The Morgan fingerprint density at radius 3 is 2.24 bits per heavy atom. The summed E-state index contributed by atoms with van der Waals surface area (Å²) in [6, 6.07) is 9.57. The van der Waals surface area contributed by atoms with Crippen molar-refractivity contribution in [3.8, 4) is 6.07 Å². The van der Waals surface area contributed by atoms with Gasteiger partial charge in [0.1, 0.15) is 0 Å². The van der Waals surface area contributed by atoms with Crippen LogP contribution < -0.4 is 0 Å². The molecule has 0 aliphatic heterocycles. The van der Waals surface area contributed by atoms with Gasteiger partial charge in [0, 0.05) is 11.4 Å². The van der Waals surface area contributed by atoms with E-state index in [-0.39, 0.29) is 0 Å². The van der Waals surface area contributed by atoms with Crippen LogP contribution in [-0.4, -0.2) is 10.7 Å². The molecule has 0 bridgehead atoms. The van der Waals surface area contributed by atoms with Crippen molar-refractivity contribution in [2.75, 3.05) is 0 Å². The molecular weight excluding hydrogens is 234 g/mol. The quantitative estimate of drug-likeness (QED) is 0.889. The lowest BCUT2D eigenvalue weighted by molar-refractivity contribution is -0.0317. The summed E-state index contributed by atoms with van der Waals surface area (Å²) in [5.41, 5.74) is -0.814. The summed E-state index contributed by atoms with van der Waals surface area (Å²) in [6.07, 6.45) is 1.06. The van der Waals surface area contributed by atoms with Gasteiger partial charge < -0.3 is 5.11 Å². The van der Waals surface area contributed by atoms with Crippen molar-refractivity contribution in [2.45, 2.75) is 39.2 Å². The predicted octanol–water partition coefficient (Wildman–Crippen LogP) is 3.57. The van der Waals surface area contributed by atoms with Gasteiger partial charge in [-0.1, -0.05) is 30.7 Å². The van der Waals surface area contributed by atoms with E-state index < -0.39 is 11.0 Å². The first-order valence-electron chi connectivity index (χ1n) is 5.73. The van der Waals surface area contributed by atoms with Gasteiger partial charge in [-0.05, 0) is 38.0 Å². The van der Waals surface area contributed by atoms with E-state index in [9.17, 15) is 10.4 Å². The van der Waals surface area contributed by atoms with Crippen LogP contribution in [0.1, 0.15) is 32.8 Å². The molecule has 1 N–H and O–H groups in total. The topological polar surface area (TPSA) is 44.0 Å². The molecule has 0 spiro atoms.